The van der Waals surface area contributed by atoms with E-state index in [0.29, 0.717) is 38.4 Å². The monoisotopic (exact) mass is 479 g/mol. The molecule has 4 rings (SSSR count). The molecule has 4 N–H and O–H groups in total. The zero-order valence-electron chi connectivity index (χ0n) is 18.2. The highest BCUT2D eigenvalue weighted by Crippen LogP contribution is 2.49. The van der Waals surface area contributed by atoms with E-state index in [4.69, 9.17) is 11.5 Å². The summed E-state index contributed by atoms with van der Waals surface area (Å²) in [5, 5.41) is 0. The Kier molecular flexibility index (Phi) is 7.18. The molecule has 6 nitrogen and oxygen atoms in total. The van der Waals surface area contributed by atoms with Crippen molar-refractivity contribution in [1.29, 1.82) is 0 Å². The Balaban J connectivity index is 1.49. The van der Waals surface area contributed by atoms with Gasteiger partial charge in [-0.3, -0.25) is 14.6 Å². The molecular formula is C23H28F3N5OS. The number of anilines is 2. The van der Waals surface area contributed by atoms with Crippen LogP contribution in [-0.4, -0.2) is 67.6 Å². The highest BCUT2D eigenvalue weighted by Gasteiger charge is 2.34. The number of primary amides is 1. The Labute approximate surface area is 195 Å². The van der Waals surface area contributed by atoms with Gasteiger partial charge in [-0.05, 0) is 43.3 Å². The molecule has 1 amide bonds. The SMILES string of the molecule is NCCN1CCN(CCCN2c3ccccc3Sc3ccc(C(F)(F)F)cc32)CC1C(N)=O. The normalized spacial score (nSPS) is 19.3. The number of alkyl halides is 3. The average molecular weight is 480 g/mol. The third kappa shape index (κ3) is 5.29. The predicted molar refractivity (Wildman–Crippen MR) is 124 cm³/mol. The van der Waals surface area contributed by atoms with Crippen LogP contribution in [0.25, 0.3) is 0 Å². The molecule has 2 heterocycles. The van der Waals surface area contributed by atoms with E-state index in [9.17, 15) is 18.0 Å². The van der Waals surface area contributed by atoms with Crippen molar-refractivity contribution in [2.75, 3.05) is 50.7 Å². The number of piperazine rings is 1. The molecule has 2 aliphatic heterocycles. The van der Waals surface area contributed by atoms with Crippen LogP contribution >= 0.6 is 11.8 Å². The van der Waals surface area contributed by atoms with Gasteiger partial charge in [-0.1, -0.05) is 23.9 Å². The lowest BCUT2D eigenvalue weighted by Crippen LogP contribution is -2.59. The second kappa shape index (κ2) is 9.92. The van der Waals surface area contributed by atoms with Gasteiger partial charge in [0.1, 0.15) is 6.04 Å². The fraction of sp³-hybridized carbons (Fsp3) is 0.435. The molecule has 1 saturated heterocycles. The lowest BCUT2D eigenvalue weighted by molar-refractivity contribution is -0.137. The van der Waals surface area contributed by atoms with Gasteiger partial charge in [-0.15, -0.1) is 0 Å². The van der Waals surface area contributed by atoms with Crippen molar-refractivity contribution >= 4 is 29.0 Å². The maximum atomic E-state index is 13.4. The number of halogens is 3. The van der Waals surface area contributed by atoms with Crippen LogP contribution in [-0.2, 0) is 11.0 Å². The van der Waals surface area contributed by atoms with Crippen LogP contribution in [0, 0.1) is 0 Å². The molecule has 1 fully saturated rings. The number of nitrogens with two attached hydrogens (primary N) is 2. The Hall–Kier alpha value is -2.27. The molecule has 0 bridgehead atoms. The molecule has 0 saturated carbocycles. The first kappa shape index (κ1) is 23.9. The van der Waals surface area contributed by atoms with Crippen molar-refractivity contribution in [2.24, 2.45) is 11.5 Å². The maximum Gasteiger partial charge on any atom is 0.416 e. The summed E-state index contributed by atoms with van der Waals surface area (Å²) in [6.45, 7) is 4.43. The maximum absolute atomic E-state index is 13.4. The first-order chi connectivity index (χ1) is 15.8. The largest absolute Gasteiger partial charge is 0.416 e. The number of fused-ring (bicyclic) bond motifs is 2. The molecule has 0 spiro atoms. The summed E-state index contributed by atoms with van der Waals surface area (Å²) in [5.74, 6) is -0.358. The van der Waals surface area contributed by atoms with E-state index >= 15 is 0 Å². The average Bonchev–Trinajstić information content (AvgIpc) is 2.78. The highest BCUT2D eigenvalue weighted by atomic mass is 32.2. The number of carbonyl (C=O) groups excluding carboxylic acids is 1. The van der Waals surface area contributed by atoms with Gasteiger partial charge in [0.2, 0.25) is 5.91 Å². The molecule has 2 aromatic carbocycles. The van der Waals surface area contributed by atoms with Gasteiger partial charge in [0.25, 0.3) is 0 Å². The third-order valence-corrected chi connectivity index (χ3v) is 7.26. The summed E-state index contributed by atoms with van der Waals surface area (Å²) in [7, 11) is 0. The highest BCUT2D eigenvalue weighted by molar-refractivity contribution is 7.99. The Morgan fingerprint density at radius 2 is 1.79 bits per heavy atom. The van der Waals surface area contributed by atoms with Gasteiger partial charge in [0, 0.05) is 49.1 Å². The minimum atomic E-state index is -4.39. The zero-order valence-corrected chi connectivity index (χ0v) is 19.0. The lowest BCUT2D eigenvalue weighted by atomic mass is 10.1. The number of hydrogen-bond acceptors (Lipinski definition) is 6. The van der Waals surface area contributed by atoms with E-state index in [2.05, 4.69) is 4.90 Å². The molecule has 33 heavy (non-hydrogen) atoms. The second-order valence-corrected chi connectivity index (χ2v) is 9.38. The third-order valence-electron chi connectivity index (χ3n) is 6.13. The summed E-state index contributed by atoms with van der Waals surface area (Å²) in [6, 6.07) is 11.3. The van der Waals surface area contributed by atoms with Gasteiger partial charge in [0.05, 0.1) is 16.9 Å². The summed E-state index contributed by atoms with van der Waals surface area (Å²) in [4.78, 5) is 19.9. The minimum Gasteiger partial charge on any atom is -0.368 e. The number of para-hydroxylation sites is 1. The smallest absolute Gasteiger partial charge is 0.368 e. The number of hydrogen-bond donors (Lipinski definition) is 2. The summed E-state index contributed by atoms with van der Waals surface area (Å²) < 4.78 is 40.1. The molecule has 0 aliphatic carbocycles. The van der Waals surface area contributed by atoms with E-state index in [1.165, 1.54) is 17.8 Å². The second-order valence-electron chi connectivity index (χ2n) is 8.30. The number of nitrogens with zero attached hydrogens (tertiary/aromatic N) is 3. The van der Waals surface area contributed by atoms with Gasteiger partial charge < -0.3 is 16.4 Å². The van der Waals surface area contributed by atoms with E-state index in [1.54, 1.807) is 6.07 Å². The summed E-state index contributed by atoms with van der Waals surface area (Å²) in [5.41, 5.74) is 12.1. The topological polar surface area (TPSA) is 78.8 Å². The van der Waals surface area contributed by atoms with Crippen molar-refractivity contribution in [2.45, 2.75) is 28.4 Å². The molecule has 1 atom stereocenters. The first-order valence-electron chi connectivity index (χ1n) is 11.0. The van der Waals surface area contributed by atoms with Crippen molar-refractivity contribution in [3.8, 4) is 0 Å². The van der Waals surface area contributed by atoms with E-state index in [0.717, 1.165) is 41.1 Å². The summed E-state index contributed by atoms with van der Waals surface area (Å²) >= 11 is 1.49. The molecular weight excluding hydrogens is 451 g/mol. The zero-order chi connectivity index (χ0) is 23.6. The van der Waals surface area contributed by atoms with E-state index in [1.807, 2.05) is 34.1 Å². The molecule has 0 radical (unpaired) electrons. The van der Waals surface area contributed by atoms with Gasteiger partial charge in [-0.2, -0.15) is 13.2 Å². The molecule has 10 heteroatoms. The van der Waals surface area contributed by atoms with Crippen LogP contribution in [0.3, 0.4) is 0 Å². The van der Waals surface area contributed by atoms with Gasteiger partial charge in [0.15, 0.2) is 0 Å². The lowest BCUT2D eigenvalue weighted by Gasteiger charge is -2.40. The first-order valence-corrected chi connectivity index (χ1v) is 11.8. The van der Waals surface area contributed by atoms with Crippen LogP contribution in [0.2, 0.25) is 0 Å². The van der Waals surface area contributed by atoms with Gasteiger partial charge in [-0.25, -0.2) is 0 Å². The molecule has 0 aromatic heterocycles. The molecule has 2 aliphatic rings. The van der Waals surface area contributed by atoms with Crippen LogP contribution in [0.1, 0.15) is 12.0 Å². The predicted octanol–water partition coefficient (Wildman–Crippen LogP) is 3.13. The summed E-state index contributed by atoms with van der Waals surface area (Å²) in [6.07, 6.45) is -3.66. The van der Waals surface area contributed by atoms with Crippen LogP contribution < -0.4 is 16.4 Å². The Morgan fingerprint density at radius 1 is 1.03 bits per heavy atom. The molecule has 1 unspecified atom stereocenters. The van der Waals surface area contributed by atoms with Crippen LogP contribution in [0.5, 0.6) is 0 Å². The fourth-order valence-corrected chi connectivity index (χ4v) is 5.56. The van der Waals surface area contributed by atoms with Crippen molar-refractivity contribution in [3.05, 3.63) is 48.0 Å². The van der Waals surface area contributed by atoms with E-state index in [-0.39, 0.29) is 11.9 Å². The van der Waals surface area contributed by atoms with Crippen LogP contribution in [0.15, 0.2) is 52.3 Å². The Morgan fingerprint density at radius 3 is 2.52 bits per heavy atom. The van der Waals surface area contributed by atoms with Crippen molar-refractivity contribution < 1.29 is 18.0 Å². The molecule has 178 valence electrons. The fourth-order valence-electron chi connectivity index (χ4n) is 4.48. The minimum absolute atomic E-state index is 0.358. The van der Waals surface area contributed by atoms with E-state index < -0.39 is 11.7 Å². The van der Waals surface area contributed by atoms with Crippen LogP contribution in [0.4, 0.5) is 24.5 Å². The Bertz CT molecular complexity index is 1000. The number of rotatable bonds is 7. The van der Waals surface area contributed by atoms with Gasteiger partial charge >= 0.3 is 6.18 Å². The van der Waals surface area contributed by atoms with Crippen molar-refractivity contribution in [3.63, 3.8) is 0 Å². The number of amides is 1. The molecule has 2 aromatic rings. The quantitative estimate of drug-likeness (QED) is 0.635. The standard InChI is InChI=1S/C23H28F3N5OS/c24-23(25,26)16-6-7-21-18(14-16)31(17-4-1-2-5-20(17)33-21)10-3-9-29-12-13-30(11-8-27)19(15-29)22(28)32/h1-2,4-7,14,19H,3,8-13,15,27H2,(H2,28,32). The number of carbonyl (C=O) groups is 1. The van der Waals surface area contributed by atoms with Crippen molar-refractivity contribution in [1.82, 2.24) is 9.80 Å². The number of benzene rings is 2.